The molecule has 11 heavy (non-hydrogen) atoms. The van der Waals surface area contributed by atoms with Crippen LogP contribution in [0.2, 0.25) is 0 Å². The van der Waals surface area contributed by atoms with Gasteiger partial charge in [0.05, 0.1) is 6.07 Å². The summed E-state index contributed by atoms with van der Waals surface area (Å²) in [6.07, 6.45) is 6.68. The van der Waals surface area contributed by atoms with Gasteiger partial charge in [0.1, 0.15) is 0 Å². The minimum absolute atomic E-state index is 0.372. The summed E-state index contributed by atoms with van der Waals surface area (Å²) in [4.78, 5) is 0. The lowest BCUT2D eigenvalue weighted by atomic mass is 9.82. The molecule has 2 unspecified atom stereocenters. The fourth-order valence-corrected chi connectivity index (χ4v) is 1.84. The van der Waals surface area contributed by atoms with Gasteiger partial charge >= 0.3 is 0 Å². The molecule has 1 saturated carbocycles. The lowest BCUT2D eigenvalue weighted by Gasteiger charge is -2.27. The summed E-state index contributed by atoms with van der Waals surface area (Å²) >= 11 is 0. The predicted octanol–water partition coefficient (Wildman–Crippen LogP) is 1.81. The number of nitriles is 1. The highest BCUT2D eigenvalue weighted by atomic mass is 14.7. The first-order valence-corrected chi connectivity index (χ1v) is 4.47. The van der Waals surface area contributed by atoms with Gasteiger partial charge in [0, 0.05) is 12.5 Å². The maximum Gasteiger partial charge on any atom is 0.0621 e. The molecule has 0 aromatic heterocycles. The van der Waals surface area contributed by atoms with E-state index < -0.39 is 0 Å². The first-order chi connectivity index (χ1) is 5.34. The van der Waals surface area contributed by atoms with E-state index >= 15 is 0 Å². The monoisotopic (exact) mass is 152 g/mol. The van der Waals surface area contributed by atoms with Crippen molar-refractivity contribution in [3.8, 4) is 6.07 Å². The van der Waals surface area contributed by atoms with E-state index in [0.717, 1.165) is 12.8 Å². The molecule has 0 radical (unpaired) electrons. The van der Waals surface area contributed by atoms with Crippen LogP contribution in [0.5, 0.6) is 0 Å². The van der Waals surface area contributed by atoms with Gasteiger partial charge in [-0.2, -0.15) is 5.26 Å². The first kappa shape index (κ1) is 8.55. The lowest BCUT2D eigenvalue weighted by Crippen LogP contribution is -2.32. The molecule has 2 N–H and O–H groups in total. The number of nitrogens with zero attached hydrogens (tertiary/aromatic N) is 1. The molecule has 1 aliphatic rings. The summed E-state index contributed by atoms with van der Waals surface area (Å²) in [5.74, 6) is 0.628. The van der Waals surface area contributed by atoms with Crippen molar-refractivity contribution in [3.05, 3.63) is 0 Å². The summed E-state index contributed by atoms with van der Waals surface area (Å²) in [6, 6.07) is 2.55. The van der Waals surface area contributed by atoms with Crippen molar-refractivity contribution in [2.45, 2.75) is 44.6 Å². The molecule has 0 aromatic rings. The molecule has 2 nitrogen and oxygen atoms in total. The third kappa shape index (κ3) is 2.51. The molecule has 1 aliphatic carbocycles. The zero-order valence-electron chi connectivity index (χ0n) is 6.92. The Morgan fingerprint density at radius 3 is 2.73 bits per heavy atom. The Bertz CT molecular complexity index is 148. The van der Waals surface area contributed by atoms with Gasteiger partial charge in [0.2, 0.25) is 0 Å². The second kappa shape index (κ2) is 4.35. The highest BCUT2D eigenvalue weighted by molar-refractivity contribution is 4.81. The SMILES string of the molecule is N#CCCC1CCCCC1N. The first-order valence-electron chi connectivity index (χ1n) is 4.47. The molecule has 0 spiro atoms. The van der Waals surface area contributed by atoms with E-state index in [9.17, 15) is 0 Å². The van der Waals surface area contributed by atoms with E-state index in [1.54, 1.807) is 0 Å². The van der Waals surface area contributed by atoms with E-state index in [1.165, 1.54) is 19.3 Å². The van der Waals surface area contributed by atoms with Crippen LogP contribution in [0.3, 0.4) is 0 Å². The largest absolute Gasteiger partial charge is 0.327 e. The van der Waals surface area contributed by atoms with Crippen LogP contribution < -0.4 is 5.73 Å². The zero-order valence-corrected chi connectivity index (χ0v) is 6.92. The van der Waals surface area contributed by atoms with Gasteiger partial charge in [-0.3, -0.25) is 0 Å². The van der Waals surface area contributed by atoms with Crippen LogP contribution in [0.25, 0.3) is 0 Å². The lowest BCUT2D eigenvalue weighted by molar-refractivity contribution is 0.294. The molecular formula is C9H16N2. The normalized spacial score (nSPS) is 31.3. The van der Waals surface area contributed by atoms with Crippen LogP contribution >= 0.6 is 0 Å². The highest BCUT2D eigenvalue weighted by Crippen LogP contribution is 2.26. The second-order valence-corrected chi connectivity index (χ2v) is 3.41. The van der Waals surface area contributed by atoms with Crippen molar-refractivity contribution in [3.63, 3.8) is 0 Å². The van der Waals surface area contributed by atoms with Crippen LogP contribution in [0.1, 0.15) is 38.5 Å². The van der Waals surface area contributed by atoms with E-state index in [0.29, 0.717) is 18.4 Å². The van der Waals surface area contributed by atoms with Crippen molar-refractivity contribution in [1.29, 1.82) is 5.26 Å². The van der Waals surface area contributed by atoms with Crippen LogP contribution in [0.4, 0.5) is 0 Å². The van der Waals surface area contributed by atoms with Crippen molar-refractivity contribution >= 4 is 0 Å². The van der Waals surface area contributed by atoms with Crippen molar-refractivity contribution in [1.82, 2.24) is 0 Å². The molecule has 0 bridgehead atoms. The Morgan fingerprint density at radius 2 is 2.09 bits per heavy atom. The Labute approximate surface area is 68.4 Å². The average molecular weight is 152 g/mol. The maximum absolute atomic E-state index is 8.39. The summed E-state index contributed by atoms with van der Waals surface area (Å²) in [7, 11) is 0. The van der Waals surface area contributed by atoms with Gasteiger partial charge < -0.3 is 5.73 Å². The number of hydrogen-bond acceptors (Lipinski definition) is 2. The molecule has 0 aliphatic heterocycles. The van der Waals surface area contributed by atoms with Gasteiger partial charge in [-0.1, -0.05) is 12.8 Å². The zero-order chi connectivity index (χ0) is 8.10. The fraction of sp³-hybridized carbons (Fsp3) is 0.889. The van der Waals surface area contributed by atoms with Gasteiger partial charge in [-0.05, 0) is 25.2 Å². The number of rotatable bonds is 2. The summed E-state index contributed by atoms with van der Waals surface area (Å²) < 4.78 is 0. The smallest absolute Gasteiger partial charge is 0.0621 e. The number of hydrogen-bond donors (Lipinski definition) is 1. The second-order valence-electron chi connectivity index (χ2n) is 3.41. The summed E-state index contributed by atoms with van der Waals surface area (Å²) in [6.45, 7) is 0. The standard InChI is InChI=1S/C9H16N2/c10-7-3-5-8-4-1-2-6-9(8)11/h8-9H,1-6,11H2. The molecular weight excluding hydrogens is 136 g/mol. The summed E-state index contributed by atoms with van der Waals surface area (Å²) in [5, 5.41) is 8.39. The van der Waals surface area contributed by atoms with Gasteiger partial charge in [0.15, 0.2) is 0 Å². The van der Waals surface area contributed by atoms with Crippen LogP contribution in [-0.2, 0) is 0 Å². The van der Waals surface area contributed by atoms with E-state index in [-0.39, 0.29) is 0 Å². The maximum atomic E-state index is 8.39. The highest BCUT2D eigenvalue weighted by Gasteiger charge is 2.20. The third-order valence-corrected chi connectivity index (χ3v) is 2.59. The van der Waals surface area contributed by atoms with Crippen molar-refractivity contribution in [2.75, 3.05) is 0 Å². The van der Waals surface area contributed by atoms with Gasteiger partial charge in [-0.25, -0.2) is 0 Å². The molecule has 62 valence electrons. The molecule has 0 aromatic carbocycles. The molecule has 0 saturated heterocycles. The Hall–Kier alpha value is -0.550. The Balaban J connectivity index is 2.25. The molecule has 1 fully saturated rings. The van der Waals surface area contributed by atoms with Crippen molar-refractivity contribution < 1.29 is 0 Å². The molecule has 0 heterocycles. The van der Waals surface area contributed by atoms with Crippen LogP contribution in [-0.4, -0.2) is 6.04 Å². The van der Waals surface area contributed by atoms with Crippen LogP contribution in [0.15, 0.2) is 0 Å². The molecule has 1 rings (SSSR count). The topological polar surface area (TPSA) is 49.8 Å². The number of nitrogens with two attached hydrogens (primary N) is 1. The molecule has 0 amide bonds. The van der Waals surface area contributed by atoms with E-state index in [4.69, 9.17) is 11.0 Å². The van der Waals surface area contributed by atoms with Gasteiger partial charge in [0.25, 0.3) is 0 Å². The Kier molecular flexibility index (Phi) is 3.38. The average Bonchev–Trinajstić information content (AvgIpc) is 2.03. The molecule has 2 heteroatoms. The van der Waals surface area contributed by atoms with Gasteiger partial charge in [-0.15, -0.1) is 0 Å². The Morgan fingerprint density at radius 1 is 1.36 bits per heavy atom. The minimum Gasteiger partial charge on any atom is -0.327 e. The quantitative estimate of drug-likeness (QED) is 0.656. The predicted molar refractivity (Wildman–Crippen MR) is 44.8 cm³/mol. The molecule has 2 atom stereocenters. The summed E-state index contributed by atoms with van der Waals surface area (Å²) in [5.41, 5.74) is 5.91. The van der Waals surface area contributed by atoms with Crippen molar-refractivity contribution in [2.24, 2.45) is 11.7 Å². The minimum atomic E-state index is 0.372. The third-order valence-electron chi connectivity index (χ3n) is 2.59. The fourth-order valence-electron chi connectivity index (χ4n) is 1.84. The van der Waals surface area contributed by atoms with E-state index in [1.807, 2.05) is 0 Å². The van der Waals surface area contributed by atoms with E-state index in [2.05, 4.69) is 6.07 Å². The van der Waals surface area contributed by atoms with Crippen LogP contribution in [0, 0.1) is 17.2 Å².